The number of hydrogen-bond donors (Lipinski definition) is 0. The summed E-state index contributed by atoms with van der Waals surface area (Å²) in [5, 5.41) is 0. The molecule has 1 aliphatic heterocycles. The molecule has 1 unspecified atom stereocenters. The van der Waals surface area contributed by atoms with Crippen LogP contribution in [0.25, 0.3) is 0 Å². The van der Waals surface area contributed by atoms with Gasteiger partial charge in [0.25, 0.3) is 0 Å². The lowest BCUT2D eigenvalue weighted by atomic mass is 10.1. The molecule has 3 heteroatoms. The van der Waals surface area contributed by atoms with Crippen molar-refractivity contribution in [2.75, 3.05) is 6.61 Å². The Hall–Kier alpha value is -0.830. The molecule has 48 valence electrons. The van der Waals surface area contributed by atoms with Crippen LogP contribution in [0, 0.1) is 0 Å². The SMILES string of the molecule is CC1(c2cocn2)CO1. The summed E-state index contributed by atoms with van der Waals surface area (Å²) in [4.78, 5) is 3.96. The first kappa shape index (κ1) is 4.99. The van der Waals surface area contributed by atoms with Crippen LogP contribution in [0.15, 0.2) is 17.1 Å². The smallest absolute Gasteiger partial charge is 0.180 e. The van der Waals surface area contributed by atoms with Crippen molar-refractivity contribution in [2.45, 2.75) is 12.5 Å². The van der Waals surface area contributed by atoms with E-state index < -0.39 is 0 Å². The van der Waals surface area contributed by atoms with Crippen LogP contribution < -0.4 is 0 Å². The molecule has 0 N–H and O–H groups in total. The average molecular weight is 125 g/mol. The van der Waals surface area contributed by atoms with Crippen molar-refractivity contribution in [1.82, 2.24) is 4.98 Å². The van der Waals surface area contributed by atoms with Gasteiger partial charge in [0.1, 0.15) is 17.6 Å². The maximum Gasteiger partial charge on any atom is 0.180 e. The summed E-state index contributed by atoms with van der Waals surface area (Å²) >= 11 is 0. The molecule has 1 atom stereocenters. The van der Waals surface area contributed by atoms with Crippen molar-refractivity contribution in [1.29, 1.82) is 0 Å². The van der Waals surface area contributed by atoms with Crippen LogP contribution in [0.5, 0.6) is 0 Å². The van der Waals surface area contributed by atoms with Gasteiger partial charge in [-0.25, -0.2) is 4.98 Å². The molecule has 1 aromatic rings. The summed E-state index contributed by atoms with van der Waals surface area (Å²) in [5.74, 6) is 0. The summed E-state index contributed by atoms with van der Waals surface area (Å²) < 4.78 is 9.91. The normalized spacial score (nSPS) is 32.6. The van der Waals surface area contributed by atoms with Crippen LogP contribution in [0.3, 0.4) is 0 Å². The molecule has 0 spiro atoms. The Bertz CT molecular complexity index is 201. The standard InChI is InChI=1S/C6H7NO2/c1-6(3-9-6)5-2-8-4-7-5/h2,4H,3H2,1H3. The Balaban J connectivity index is 2.34. The van der Waals surface area contributed by atoms with Crippen LogP contribution in [0.1, 0.15) is 12.6 Å². The monoisotopic (exact) mass is 125 g/mol. The van der Waals surface area contributed by atoms with Crippen LogP contribution in [-0.2, 0) is 10.3 Å². The first-order chi connectivity index (χ1) is 4.31. The Morgan fingerprint density at radius 2 is 2.56 bits per heavy atom. The van der Waals surface area contributed by atoms with Gasteiger partial charge < -0.3 is 9.15 Å². The second-order valence-corrected chi connectivity index (χ2v) is 2.39. The average Bonchev–Trinajstić information content (AvgIpc) is 2.46. The molecule has 2 heterocycles. The van der Waals surface area contributed by atoms with Crippen molar-refractivity contribution >= 4 is 0 Å². The number of rotatable bonds is 1. The predicted octanol–water partition coefficient (Wildman–Crippen LogP) is 0.920. The minimum absolute atomic E-state index is 0.132. The predicted molar refractivity (Wildman–Crippen MR) is 29.8 cm³/mol. The van der Waals surface area contributed by atoms with Crippen LogP contribution in [0.4, 0.5) is 0 Å². The third-order valence-electron chi connectivity index (χ3n) is 1.55. The topological polar surface area (TPSA) is 38.6 Å². The number of oxazole rings is 1. The van der Waals surface area contributed by atoms with Gasteiger partial charge in [-0.15, -0.1) is 0 Å². The minimum atomic E-state index is -0.132. The second kappa shape index (κ2) is 1.36. The van der Waals surface area contributed by atoms with E-state index in [1.165, 1.54) is 6.39 Å². The summed E-state index contributed by atoms with van der Waals surface area (Å²) in [5.41, 5.74) is 0.759. The molecule has 1 fully saturated rings. The molecule has 1 aromatic heterocycles. The lowest BCUT2D eigenvalue weighted by Crippen LogP contribution is -2.01. The summed E-state index contributed by atoms with van der Waals surface area (Å²) in [6, 6.07) is 0. The van der Waals surface area contributed by atoms with Crippen molar-refractivity contribution < 1.29 is 9.15 Å². The van der Waals surface area contributed by atoms with Gasteiger partial charge in [-0.2, -0.15) is 0 Å². The third-order valence-corrected chi connectivity index (χ3v) is 1.55. The van der Waals surface area contributed by atoms with Gasteiger partial charge in [-0.05, 0) is 6.92 Å². The first-order valence-corrected chi connectivity index (χ1v) is 2.84. The third kappa shape index (κ3) is 0.650. The molecule has 3 nitrogen and oxygen atoms in total. The highest BCUT2D eigenvalue weighted by atomic mass is 16.6. The van der Waals surface area contributed by atoms with E-state index in [-0.39, 0.29) is 5.60 Å². The fourth-order valence-corrected chi connectivity index (χ4v) is 0.730. The van der Waals surface area contributed by atoms with E-state index in [1.54, 1.807) is 6.26 Å². The highest BCUT2D eigenvalue weighted by Gasteiger charge is 2.43. The Morgan fingerprint density at radius 3 is 3.00 bits per heavy atom. The van der Waals surface area contributed by atoms with E-state index in [1.807, 2.05) is 6.92 Å². The molecule has 0 bridgehead atoms. The quantitative estimate of drug-likeness (QED) is 0.524. The second-order valence-electron chi connectivity index (χ2n) is 2.39. The zero-order valence-electron chi connectivity index (χ0n) is 5.13. The Kier molecular flexibility index (Phi) is 0.754. The maximum absolute atomic E-state index is 5.12. The largest absolute Gasteiger partial charge is 0.451 e. The van der Waals surface area contributed by atoms with Crippen LogP contribution in [0.2, 0.25) is 0 Å². The summed E-state index contributed by atoms with van der Waals surface area (Å²) in [6.07, 6.45) is 3.04. The van der Waals surface area contributed by atoms with Crippen molar-refractivity contribution in [3.8, 4) is 0 Å². The molecule has 2 rings (SSSR count). The van der Waals surface area contributed by atoms with Gasteiger partial charge in [-0.3, -0.25) is 0 Å². The molecular weight excluding hydrogens is 118 g/mol. The fourth-order valence-electron chi connectivity index (χ4n) is 0.730. The van der Waals surface area contributed by atoms with Crippen LogP contribution in [-0.4, -0.2) is 11.6 Å². The van der Waals surface area contributed by atoms with Crippen molar-refractivity contribution in [3.05, 3.63) is 18.4 Å². The number of ether oxygens (including phenoxy) is 1. The summed E-state index contributed by atoms with van der Waals surface area (Å²) in [6.45, 7) is 2.75. The molecule has 0 aromatic carbocycles. The van der Waals surface area contributed by atoms with E-state index in [2.05, 4.69) is 4.98 Å². The van der Waals surface area contributed by atoms with E-state index in [0.29, 0.717) is 0 Å². The van der Waals surface area contributed by atoms with Gasteiger partial charge in [0.2, 0.25) is 0 Å². The first-order valence-electron chi connectivity index (χ1n) is 2.84. The van der Waals surface area contributed by atoms with E-state index >= 15 is 0 Å². The van der Waals surface area contributed by atoms with Crippen molar-refractivity contribution in [2.24, 2.45) is 0 Å². The van der Waals surface area contributed by atoms with Crippen LogP contribution >= 0.6 is 0 Å². The molecule has 1 saturated heterocycles. The Labute approximate surface area is 52.6 Å². The van der Waals surface area contributed by atoms with E-state index in [9.17, 15) is 0 Å². The highest BCUT2D eigenvalue weighted by molar-refractivity contribution is 5.11. The van der Waals surface area contributed by atoms with Gasteiger partial charge >= 0.3 is 0 Å². The molecule has 0 amide bonds. The number of nitrogens with zero attached hydrogens (tertiary/aromatic N) is 1. The minimum Gasteiger partial charge on any atom is -0.451 e. The van der Waals surface area contributed by atoms with Gasteiger partial charge in [0.05, 0.1) is 6.61 Å². The highest BCUT2D eigenvalue weighted by Crippen LogP contribution is 2.36. The van der Waals surface area contributed by atoms with Crippen molar-refractivity contribution in [3.63, 3.8) is 0 Å². The molecule has 0 radical (unpaired) electrons. The van der Waals surface area contributed by atoms with E-state index in [4.69, 9.17) is 9.15 Å². The van der Waals surface area contributed by atoms with Gasteiger partial charge in [0.15, 0.2) is 6.39 Å². The Morgan fingerprint density at radius 1 is 1.78 bits per heavy atom. The molecule has 9 heavy (non-hydrogen) atoms. The van der Waals surface area contributed by atoms with E-state index in [0.717, 1.165) is 12.3 Å². The number of hydrogen-bond acceptors (Lipinski definition) is 3. The zero-order valence-corrected chi connectivity index (χ0v) is 5.13. The molecular formula is C6H7NO2. The number of aromatic nitrogens is 1. The summed E-state index contributed by atoms with van der Waals surface area (Å²) in [7, 11) is 0. The maximum atomic E-state index is 5.12. The van der Waals surface area contributed by atoms with Gasteiger partial charge in [-0.1, -0.05) is 0 Å². The van der Waals surface area contributed by atoms with Gasteiger partial charge in [0, 0.05) is 0 Å². The lowest BCUT2D eigenvalue weighted by Gasteiger charge is -1.94. The molecule has 1 aliphatic rings. The lowest BCUT2D eigenvalue weighted by molar-refractivity contribution is 0.323. The fraction of sp³-hybridized carbons (Fsp3) is 0.500. The zero-order chi connectivity index (χ0) is 6.32. The number of epoxide rings is 1. The molecule has 0 saturated carbocycles. The molecule has 0 aliphatic carbocycles.